The fourth-order valence-corrected chi connectivity index (χ4v) is 4.61. The minimum atomic E-state index is -3.55. The number of amides is 1. The minimum Gasteiger partial charge on any atom is -0.496 e. The molecule has 3 rings (SSSR count). The maximum absolute atomic E-state index is 12.6. The summed E-state index contributed by atoms with van der Waals surface area (Å²) < 4.78 is 37.6. The van der Waals surface area contributed by atoms with Crippen molar-refractivity contribution in [2.24, 2.45) is 0 Å². The van der Waals surface area contributed by atoms with E-state index < -0.39 is 10.0 Å². The minimum absolute atomic E-state index is 0.189. The van der Waals surface area contributed by atoms with Crippen LogP contribution in [-0.4, -0.2) is 52.0 Å². The van der Waals surface area contributed by atoms with Gasteiger partial charge >= 0.3 is 0 Å². The Morgan fingerprint density at radius 3 is 2.41 bits per heavy atom. The maximum Gasteiger partial charge on any atom is 0.255 e. The van der Waals surface area contributed by atoms with Crippen molar-refractivity contribution in [3.8, 4) is 5.75 Å². The van der Waals surface area contributed by atoms with E-state index in [9.17, 15) is 13.2 Å². The summed E-state index contributed by atoms with van der Waals surface area (Å²) >= 11 is 3.34. The van der Waals surface area contributed by atoms with Crippen LogP contribution in [0, 0.1) is 0 Å². The number of benzene rings is 2. The number of ether oxygens (including phenoxy) is 2. The number of morpholine rings is 1. The van der Waals surface area contributed by atoms with Gasteiger partial charge in [0, 0.05) is 24.3 Å². The lowest BCUT2D eigenvalue weighted by molar-refractivity contribution is 0.0730. The van der Waals surface area contributed by atoms with E-state index in [2.05, 4.69) is 21.2 Å². The molecule has 1 amide bonds. The van der Waals surface area contributed by atoms with Crippen LogP contribution in [-0.2, 0) is 14.8 Å². The summed E-state index contributed by atoms with van der Waals surface area (Å²) in [6, 6.07) is 11.1. The number of carbonyl (C=O) groups excluding carboxylic acids is 1. The molecule has 0 atom stereocenters. The van der Waals surface area contributed by atoms with Gasteiger partial charge in [-0.05, 0) is 58.4 Å². The van der Waals surface area contributed by atoms with E-state index in [0.717, 1.165) is 0 Å². The van der Waals surface area contributed by atoms with Crippen molar-refractivity contribution in [2.45, 2.75) is 4.90 Å². The van der Waals surface area contributed by atoms with E-state index in [1.54, 1.807) is 37.4 Å². The molecule has 7 nitrogen and oxygen atoms in total. The molecule has 0 radical (unpaired) electrons. The smallest absolute Gasteiger partial charge is 0.255 e. The Morgan fingerprint density at radius 1 is 1.15 bits per heavy atom. The van der Waals surface area contributed by atoms with Gasteiger partial charge in [-0.1, -0.05) is 0 Å². The molecule has 27 heavy (non-hydrogen) atoms. The second kappa shape index (κ2) is 8.39. The molecular weight excluding hydrogens is 436 g/mol. The largest absolute Gasteiger partial charge is 0.496 e. The predicted molar refractivity (Wildman–Crippen MR) is 105 cm³/mol. The van der Waals surface area contributed by atoms with E-state index in [-0.39, 0.29) is 10.8 Å². The third-order valence-electron chi connectivity index (χ3n) is 4.13. The Balaban J connectivity index is 1.72. The zero-order chi connectivity index (χ0) is 19.4. The molecule has 0 spiro atoms. The highest BCUT2D eigenvalue weighted by Gasteiger charge is 2.26. The Morgan fingerprint density at radius 2 is 1.81 bits per heavy atom. The molecule has 0 aromatic heterocycles. The molecule has 0 unspecified atom stereocenters. The van der Waals surface area contributed by atoms with Crippen molar-refractivity contribution in [3.63, 3.8) is 0 Å². The van der Waals surface area contributed by atoms with Crippen LogP contribution in [0.2, 0.25) is 0 Å². The fraction of sp³-hybridized carbons (Fsp3) is 0.278. The number of anilines is 1. The van der Waals surface area contributed by atoms with Crippen LogP contribution in [0.1, 0.15) is 10.4 Å². The zero-order valence-electron chi connectivity index (χ0n) is 14.6. The molecule has 2 aromatic carbocycles. The predicted octanol–water partition coefficient (Wildman–Crippen LogP) is 2.73. The lowest BCUT2D eigenvalue weighted by atomic mass is 10.2. The first-order valence-corrected chi connectivity index (χ1v) is 10.5. The Hall–Kier alpha value is -1.94. The molecule has 1 N–H and O–H groups in total. The second-order valence-corrected chi connectivity index (χ2v) is 8.64. The average Bonchev–Trinajstić information content (AvgIpc) is 2.69. The Labute approximate surface area is 166 Å². The fourth-order valence-electron chi connectivity index (χ4n) is 2.66. The lowest BCUT2D eigenvalue weighted by Crippen LogP contribution is -2.40. The SMILES string of the molecule is COc1ccc(C(=O)Nc2ccc(S(=O)(=O)N3CCOCC3)cc2)cc1Br. The highest BCUT2D eigenvalue weighted by Crippen LogP contribution is 2.26. The molecule has 1 saturated heterocycles. The van der Waals surface area contributed by atoms with Gasteiger partial charge in [0.15, 0.2) is 0 Å². The summed E-state index contributed by atoms with van der Waals surface area (Å²) in [7, 11) is -2.00. The Kier molecular flexibility index (Phi) is 6.15. The van der Waals surface area contributed by atoms with Gasteiger partial charge in [0.2, 0.25) is 10.0 Å². The molecule has 1 fully saturated rings. The summed E-state index contributed by atoms with van der Waals surface area (Å²) in [5, 5.41) is 2.75. The molecule has 1 heterocycles. The van der Waals surface area contributed by atoms with Crippen molar-refractivity contribution in [1.29, 1.82) is 0 Å². The van der Waals surface area contributed by atoms with Crippen LogP contribution in [0.25, 0.3) is 0 Å². The third-order valence-corrected chi connectivity index (χ3v) is 6.67. The molecule has 0 bridgehead atoms. The van der Waals surface area contributed by atoms with E-state index in [4.69, 9.17) is 9.47 Å². The average molecular weight is 455 g/mol. The molecular formula is C18H19BrN2O5S. The standard InChI is InChI=1S/C18H19BrN2O5S/c1-25-17-7-2-13(12-16(17)19)18(22)20-14-3-5-15(6-4-14)27(23,24)21-8-10-26-11-9-21/h2-7,12H,8-11H2,1H3,(H,20,22). The number of halogens is 1. The van der Waals surface area contributed by atoms with Crippen LogP contribution < -0.4 is 10.1 Å². The molecule has 9 heteroatoms. The van der Waals surface area contributed by atoms with Gasteiger partial charge < -0.3 is 14.8 Å². The number of rotatable bonds is 5. The normalized spacial score (nSPS) is 15.3. The van der Waals surface area contributed by atoms with Gasteiger partial charge in [0.25, 0.3) is 5.91 Å². The van der Waals surface area contributed by atoms with Gasteiger partial charge in [0.1, 0.15) is 5.75 Å². The third kappa shape index (κ3) is 4.49. The number of hydrogen-bond acceptors (Lipinski definition) is 5. The number of hydrogen-bond donors (Lipinski definition) is 1. The number of sulfonamides is 1. The van der Waals surface area contributed by atoms with Gasteiger partial charge in [-0.25, -0.2) is 8.42 Å². The van der Waals surface area contributed by atoms with Crippen LogP contribution in [0.3, 0.4) is 0 Å². The second-order valence-electron chi connectivity index (χ2n) is 5.84. The first kappa shape index (κ1) is 19.8. The number of methoxy groups -OCH3 is 1. The summed E-state index contributed by atoms with van der Waals surface area (Å²) in [6.45, 7) is 1.47. The number of nitrogens with one attached hydrogen (secondary N) is 1. The van der Waals surface area contributed by atoms with Crippen LogP contribution in [0.4, 0.5) is 5.69 Å². The van der Waals surface area contributed by atoms with Crippen LogP contribution in [0.5, 0.6) is 5.75 Å². The topological polar surface area (TPSA) is 84.9 Å². The lowest BCUT2D eigenvalue weighted by Gasteiger charge is -2.26. The van der Waals surface area contributed by atoms with E-state index in [0.29, 0.717) is 47.8 Å². The van der Waals surface area contributed by atoms with Gasteiger partial charge in [-0.15, -0.1) is 0 Å². The number of nitrogens with zero attached hydrogens (tertiary/aromatic N) is 1. The quantitative estimate of drug-likeness (QED) is 0.750. The van der Waals surface area contributed by atoms with Crippen molar-refractivity contribution in [1.82, 2.24) is 4.31 Å². The highest BCUT2D eigenvalue weighted by molar-refractivity contribution is 9.10. The first-order valence-electron chi connectivity index (χ1n) is 8.24. The molecule has 1 aliphatic heterocycles. The van der Waals surface area contributed by atoms with Crippen molar-refractivity contribution < 1.29 is 22.7 Å². The van der Waals surface area contributed by atoms with Gasteiger partial charge in [-0.2, -0.15) is 4.31 Å². The molecule has 0 saturated carbocycles. The zero-order valence-corrected chi connectivity index (χ0v) is 17.0. The number of carbonyl (C=O) groups is 1. The van der Waals surface area contributed by atoms with E-state index in [1.165, 1.54) is 16.4 Å². The molecule has 1 aliphatic rings. The summed E-state index contributed by atoms with van der Waals surface area (Å²) in [5.41, 5.74) is 0.959. The van der Waals surface area contributed by atoms with Crippen molar-refractivity contribution in [3.05, 3.63) is 52.5 Å². The summed E-state index contributed by atoms with van der Waals surface area (Å²) in [4.78, 5) is 12.6. The van der Waals surface area contributed by atoms with Crippen LogP contribution in [0.15, 0.2) is 51.8 Å². The molecule has 2 aromatic rings. The van der Waals surface area contributed by atoms with Crippen molar-refractivity contribution >= 4 is 37.5 Å². The van der Waals surface area contributed by atoms with Gasteiger partial charge in [-0.3, -0.25) is 4.79 Å². The Bertz CT molecular complexity index is 925. The monoisotopic (exact) mass is 454 g/mol. The summed E-state index contributed by atoms with van der Waals surface area (Å²) in [5.74, 6) is 0.325. The van der Waals surface area contributed by atoms with Crippen LogP contribution >= 0.6 is 15.9 Å². The maximum atomic E-state index is 12.6. The van der Waals surface area contributed by atoms with E-state index >= 15 is 0 Å². The first-order chi connectivity index (χ1) is 12.9. The van der Waals surface area contributed by atoms with E-state index in [1.807, 2.05) is 0 Å². The van der Waals surface area contributed by atoms with Gasteiger partial charge in [0.05, 0.1) is 29.7 Å². The summed E-state index contributed by atoms with van der Waals surface area (Å²) in [6.07, 6.45) is 0. The molecule has 0 aliphatic carbocycles. The van der Waals surface area contributed by atoms with Crippen molar-refractivity contribution in [2.75, 3.05) is 38.7 Å². The highest BCUT2D eigenvalue weighted by atomic mass is 79.9. The molecule has 144 valence electrons.